The molecule has 108 valence electrons. The van der Waals surface area contributed by atoms with Gasteiger partial charge in [-0.3, -0.25) is 4.68 Å². The zero-order valence-electron chi connectivity index (χ0n) is 12.0. The van der Waals surface area contributed by atoms with E-state index >= 15 is 0 Å². The van der Waals surface area contributed by atoms with Gasteiger partial charge in [-0.25, -0.2) is 4.39 Å². The van der Waals surface area contributed by atoms with E-state index in [1.54, 1.807) is 6.07 Å². The second kappa shape index (κ2) is 5.57. The van der Waals surface area contributed by atoms with Gasteiger partial charge in [-0.2, -0.15) is 10.4 Å². The molecule has 1 atom stereocenters. The minimum atomic E-state index is -0.449. The Kier molecular flexibility index (Phi) is 3.61. The van der Waals surface area contributed by atoms with Crippen molar-refractivity contribution in [1.29, 1.82) is 5.26 Å². The molecule has 0 N–H and O–H groups in total. The molecule has 2 aromatic rings. The molecule has 1 fully saturated rings. The first-order chi connectivity index (χ1) is 10.2. The molecule has 5 heteroatoms. The van der Waals surface area contributed by atoms with Crippen LogP contribution >= 0.6 is 0 Å². The summed E-state index contributed by atoms with van der Waals surface area (Å²) in [4.78, 5) is 2.14. The van der Waals surface area contributed by atoms with Crippen LogP contribution in [0.1, 0.15) is 24.0 Å². The standard InChI is InChI=1S/C16H17FN4/c1-12-9-19-20(10-12)11-13-4-3-7-21(13)16-6-2-5-15(17)14(16)8-18/h2,5-6,9-10,13H,3-4,7,11H2,1H3. The molecule has 3 rings (SSSR count). The molecular formula is C16H17FN4. The van der Waals surface area contributed by atoms with Crippen molar-refractivity contribution in [2.75, 3.05) is 11.4 Å². The molecule has 0 spiro atoms. The summed E-state index contributed by atoms with van der Waals surface area (Å²) in [5.74, 6) is -0.449. The lowest BCUT2D eigenvalue weighted by Crippen LogP contribution is -2.33. The number of aryl methyl sites for hydroxylation is 1. The number of hydrogen-bond acceptors (Lipinski definition) is 3. The monoisotopic (exact) mass is 284 g/mol. The SMILES string of the molecule is Cc1cnn(CC2CCCN2c2cccc(F)c2C#N)c1. The number of aromatic nitrogens is 2. The zero-order chi connectivity index (χ0) is 14.8. The van der Waals surface area contributed by atoms with Crippen LogP contribution in [0.25, 0.3) is 0 Å². The van der Waals surface area contributed by atoms with E-state index in [1.807, 2.05) is 36.1 Å². The smallest absolute Gasteiger partial charge is 0.143 e. The van der Waals surface area contributed by atoms with Gasteiger partial charge in [-0.1, -0.05) is 6.07 Å². The fourth-order valence-electron chi connectivity index (χ4n) is 2.99. The van der Waals surface area contributed by atoms with E-state index in [0.29, 0.717) is 5.69 Å². The van der Waals surface area contributed by atoms with Crippen LogP contribution in [0, 0.1) is 24.1 Å². The number of anilines is 1. The van der Waals surface area contributed by atoms with Gasteiger partial charge in [0.2, 0.25) is 0 Å². The van der Waals surface area contributed by atoms with Gasteiger partial charge in [0.25, 0.3) is 0 Å². The summed E-state index contributed by atoms with van der Waals surface area (Å²) in [6, 6.07) is 7.07. The van der Waals surface area contributed by atoms with Crippen molar-refractivity contribution in [3.63, 3.8) is 0 Å². The molecule has 0 bridgehead atoms. The molecule has 0 radical (unpaired) electrons. The largest absolute Gasteiger partial charge is 0.366 e. The van der Waals surface area contributed by atoms with Gasteiger partial charge in [-0.05, 0) is 37.5 Å². The number of rotatable bonds is 3. The third-order valence-electron chi connectivity index (χ3n) is 3.95. The van der Waals surface area contributed by atoms with Crippen LogP contribution in [0.3, 0.4) is 0 Å². The Morgan fingerprint density at radius 1 is 1.48 bits per heavy atom. The lowest BCUT2D eigenvalue weighted by molar-refractivity contribution is 0.508. The van der Waals surface area contributed by atoms with Gasteiger partial charge in [-0.15, -0.1) is 0 Å². The van der Waals surface area contributed by atoms with E-state index in [0.717, 1.165) is 31.5 Å². The Morgan fingerprint density at radius 3 is 3.05 bits per heavy atom. The van der Waals surface area contributed by atoms with Crippen LogP contribution in [-0.4, -0.2) is 22.4 Å². The van der Waals surface area contributed by atoms with Gasteiger partial charge in [0.15, 0.2) is 0 Å². The molecule has 0 aliphatic carbocycles. The third-order valence-corrected chi connectivity index (χ3v) is 3.95. The van der Waals surface area contributed by atoms with Gasteiger partial charge in [0.05, 0.1) is 18.4 Å². The molecule has 21 heavy (non-hydrogen) atoms. The summed E-state index contributed by atoms with van der Waals surface area (Å²) in [5.41, 5.74) is 1.97. The Bertz CT molecular complexity index is 686. The first kappa shape index (κ1) is 13.6. The first-order valence-electron chi connectivity index (χ1n) is 7.13. The van der Waals surface area contributed by atoms with Crippen molar-refractivity contribution in [3.8, 4) is 6.07 Å². The predicted octanol–water partition coefficient (Wildman–Crippen LogP) is 2.87. The summed E-state index contributed by atoms with van der Waals surface area (Å²) in [6.07, 6.45) is 5.92. The predicted molar refractivity (Wildman–Crippen MR) is 78.4 cm³/mol. The maximum Gasteiger partial charge on any atom is 0.143 e. The van der Waals surface area contributed by atoms with Crippen LogP contribution in [-0.2, 0) is 6.54 Å². The lowest BCUT2D eigenvalue weighted by atomic mass is 10.1. The molecule has 0 saturated carbocycles. The van der Waals surface area contributed by atoms with Crippen molar-refractivity contribution in [2.24, 2.45) is 0 Å². The fraction of sp³-hybridized carbons (Fsp3) is 0.375. The van der Waals surface area contributed by atoms with Crippen molar-refractivity contribution in [1.82, 2.24) is 9.78 Å². The van der Waals surface area contributed by atoms with Gasteiger partial charge < -0.3 is 4.90 Å². The number of nitriles is 1. The summed E-state index contributed by atoms with van der Waals surface area (Å²) < 4.78 is 15.7. The van der Waals surface area contributed by atoms with E-state index in [9.17, 15) is 9.65 Å². The van der Waals surface area contributed by atoms with Gasteiger partial charge in [0, 0.05) is 18.8 Å². The minimum Gasteiger partial charge on any atom is -0.366 e. The summed E-state index contributed by atoms with van der Waals surface area (Å²) in [6.45, 7) is 3.62. The molecule has 2 heterocycles. The lowest BCUT2D eigenvalue weighted by Gasteiger charge is -2.27. The van der Waals surface area contributed by atoms with E-state index < -0.39 is 5.82 Å². The van der Waals surface area contributed by atoms with E-state index in [2.05, 4.69) is 10.00 Å². The fourth-order valence-corrected chi connectivity index (χ4v) is 2.99. The Hall–Kier alpha value is -2.35. The van der Waals surface area contributed by atoms with E-state index in [1.165, 1.54) is 6.07 Å². The molecule has 0 amide bonds. The van der Waals surface area contributed by atoms with Crippen molar-refractivity contribution >= 4 is 5.69 Å². The minimum absolute atomic E-state index is 0.140. The highest BCUT2D eigenvalue weighted by Crippen LogP contribution is 2.30. The van der Waals surface area contributed by atoms with E-state index in [4.69, 9.17) is 0 Å². The molecule has 1 aliphatic rings. The average Bonchev–Trinajstić information content (AvgIpc) is 3.08. The average molecular weight is 284 g/mol. The molecule has 1 saturated heterocycles. The highest BCUT2D eigenvalue weighted by Gasteiger charge is 2.27. The van der Waals surface area contributed by atoms with Crippen molar-refractivity contribution in [2.45, 2.75) is 32.4 Å². The van der Waals surface area contributed by atoms with Crippen LogP contribution in [0.2, 0.25) is 0 Å². The molecule has 1 aliphatic heterocycles. The number of halogens is 1. The number of hydrogen-bond donors (Lipinski definition) is 0. The Morgan fingerprint density at radius 2 is 2.33 bits per heavy atom. The van der Waals surface area contributed by atoms with Crippen molar-refractivity contribution in [3.05, 3.63) is 47.5 Å². The van der Waals surface area contributed by atoms with Gasteiger partial charge >= 0.3 is 0 Å². The maximum absolute atomic E-state index is 13.8. The zero-order valence-corrected chi connectivity index (χ0v) is 12.0. The Labute approximate surface area is 123 Å². The van der Waals surface area contributed by atoms with Crippen LogP contribution in [0.5, 0.6) is 0 Å². The molecule has 1 unspecified atom stereocenters. The number of nitrogens with zero attached hydrogens (tertiary/aromatic N) is 4. The van der Waals surface area contributed by atoms with Crippen molar-refractivity contribution < 1.29 is 4.39 Å². The third kappa shape index (κ3) is 2.62. The molecule has 1 aromatic heterocycles. The van der Waals surface area contributed by atoms with Crippen LogP contribution in [0.15, 0.2) is 30.6 Å². The Balaban J connectivity index is 1.88. The van der Waals surface area contributed by atoms with E-state index in [-0.39, 0.29) is 11.6 Å². The van der Waals surface area contributed by atoms with Crippen LogP contribution < -0.4 is 4.90 Å². The topological polar surface area (TPSA) is 44.9 Å². The maximum atomic E-state index is 13.8. The second-order valence-corrected chi connectivity index (χ2v) is 5.47. The van der Waals surface area contributed by atoms with Crippen LogP contribution in [0.4, 0.5) is 10.1 Å². The molecular weight excluding hydrogens is 267 g/mol. The second-order valence-electron chi connectivity index (χ2n) is 5.47. The molecule has 1 aromatic carbocycles. The highest BCUT2D eigenvalue weighted by atomic mass is 19.1. The molecule has 4 nitrogen and oxygen atoms in total. The normalized spacial score (nSPS) is 18.0. The summed E-state index contributed by atoms with van der Waals surface area (Å²) >= 11 is 0. The summed E-state index contributed by atoms with van der Waals surface area (Å²) in [7, 11) is 0. The quantitative estimate of drug-likeness (QED) is 0.870. The van der Waals surface area contributed by atoms with Gasteiger partial charge in [0.1, 0.15) is 17.4 Å². The number of benzene rings is 1. The highest BCUT2D eigenvalue weighted by molar-refractivity contribution is 5.61. The first-order valence-corrected chi connectivity index (χ1v) is 7.13. The summed E-state index contributed by atoms with van der Waals surface area (Å²) in [5, 5.41) is 13.5.